The van der Waals surface area contributed by atoms with Gasteiger partial charge in [-0.2, -0.15) is 0 Å². The van der Waals surface area contributed by atoms with Crippen LogP contribution in [-0.4, -0.2) is 37.7 Å². The molecule has 0 aliphatic carbocycles. The lowest BCUT2D eigenvalue weighted by Gasteiger charge is -2.14. The van der Waals surface area contributed by atoms with Crippen molar-refractivity contribution in [3.63, 3.8) is 0 Å². The van der Waals surface area contributed by atoms with Crippen LogP contribution in [0.15, 0.2) is 0 Å². The van der Waals surface area contributed by atoms with Crippen LogP contribution in [0.4, 0.5) is 0 Å². The SMILES string of the molecule is O=C1CC(NC2CCOC2)CN1. The fraction of sp³-hybridized carbons (Fsp3) is 0.875. The summed E-state index contributed by atoms with van der Waals surface area (Å²) in [6, 6.07) is 0.784. The first-order valence-electron chi connectivity index (χ1n) is 4.45. The van der Waals surface area contributed by atoms with Gasteiger partial charge in [-0.25, -0.2) is 0 Å². The van der Waals surface area contributed by atoms with Crippen LogP contribution in [0, 0.1) is 0 Å². The maximum absolute atomic E-state index is 10.8. The molecule has 2 fully saturated rings. The van der Waals surface area contributed by atoms with E-state index in [9.17, 15) is 4.79 Å². The molecule has 1 amide bonds. The molecule has 0 saturated carbocycles. The second-order valence-electron chi connectivity index (χ2n) is 3.43. The fourth-order valence-electron chi connectivity index (χ4n) is 1.72. The van der Waals surface area contributed by atoms with Crippen molar-refractivity contribution in [2.45, 2.75) is 24.9 Å². The molecule has 4 heteroatoms. The molecule has 12 heavy (non-hydrogen) atoms. The number of ether oxygens (including phenoxy) is 1. The van der Waals surface area contributed by atoms with Crippen molar-refractivity contribution in [2.24, 2.45) is 0 Å². The summed E-state index contributed by atoms with van der Waals surface area (Å²) in [5.74, 6) is 0.159. The van der Waals surface area contributed by atoms with Gasteiger partial charge in [-0.15, -0.1) is 0 Å². The van der Waals surface area contributed by atoms with Gasteiger partial charge < -0.3 is 15.4 Å². The van der Waals surface area contributed by atoms with Crippen molar-refractivity contribution in [2.75, 3.05) is 19.8 Å². The molecule has 2 unspecified atom stereocenters. The zero-order chi connectivity index (χ0) is 8.39. The average molecular weight is 170 g/mol. The number of nitrogens with one attached hydrogen (secondary N) is 2. The van der Waals surface area contributed by atoms with E-state index in [-0.39, 0.29) is 5.91 Å². The Bertz CT molecular complexity index is 178. The average Bonchev–Trinajstić information content (AvgIpc) is 2.63. The Morgan fingerprint density at radius 1 is 1.50 bits per heavy atom. The van der Waals surface area contributed by atoms with Gasteiger partial charge >= 0.3 is 0 Å². The van der Waals surface area contributed by atoms with Gasteiger partial charge in [-0.05, 0) is 6.42 Å². The van der Waals surface area contributed by atoms with Gasteiger partial charge in [0.15, 0.2) is 0 Å². The fourth-order valence-corrected chi connectivity index (χ4v) is 1.72. The number of carbonyl (C=O) groups excluding carboxylic acids is 1. The van der Waals surface area contributed by atoms with Gasteiger partial charge in [-0.1, -0.05) is 0 Å². The number of amides is 1. The lowest BCUT2D eigenvalue weighted by atomic mass is 10.2. The minimum atomic E-state index is 0.159. The summed E-state index contributed by atoms with van der Waals surface area (Å²) in [6.07, 6.45) is 1.70. The maximum atomic E-state index is 10.8. The molecular weight excluding hydrogens is 156 g/mol. The molecule has 0 aromatic carbocycles. The number of carbonyl (C=O) groups is 1. The van der Waals surface area contributed by atoms with E-state index in [4.69, 9.17) is 4.74 Å². The zero-order valence-electron chi connectivity index (χ0n) is 7.01. The first-order valence-corrected chi connectivity index (χ1v) is 4.45. The second-order valence-corrected chi connectivity index (χ2v) is 3.43. The van der Waals surface area contributed by atoms with E-state index in [0.29, 0.717) is 18.5 Å². The summed E-state index contributed by atoms with van der Waals surface area (Å²) in [6.45, 7) is 2.42. The van der Waals surface area contributed by atoms with Crippen LogP contribution in [0.25, 0.3) is 0 Å². The standard InChI is InChI=1S/C8H14N2O2/c11-8-3-7(4-9-8)10-6-1-2-12-5-6/h6-7,10H,1-5H2,(H,9,11). The molecule has 2 heterocycles. The highest BCUT2D eigenvalue weighted by atomic mass is 16.5. The molecular formula is C8H14N2O2. The Hall–Kier alpha value is -0.610. The van der Waals surface area contributed by atoms with E-state index in [1.807, 2.05) is 0 Å². The Morgan fingerprint density at radius 2 is 2.42 bits per heavy atom. The van der Waals surface area contributed by atoms with Crippen molar-refractivity contribution in [3.05, 3.63) is 0 Å². The highest BCUT2D eigenvalue weighted by Crippen LogP contribution is 2.07. The molecule has 0 aromatic heterocycles. The molecule has 0 spiro atoms. The third-order valence-electron chi connectivity index (χ3n) is 2.38. The van der Waals surface area contributed by atoms with Crippen LogP contribution < -0.4 is 10.6 Å². The van der Waals surface area contributed by atoms with Gasteiger partial charge in [0.05, 0.1) is 6.61 Å². The quantitative estimate of drug-likeness (QED) is 0.573. The highest BCUT2D eigenvalue weighted by molar-refractivity contribution is 5.78. The normalized spacial score (nSPS) is 35.5. The van der Waals surface area contributed by atoms with E-state index in [1.54, 1.807) is 0 Å². The lowest BCUT2D eigenvalue weighted by molar-refractivity contribution is -0.119. The Labute approximate surface area is 71.7 Å². The Balaban J connectivity index is 1.75. The first kappa shape index (κ1) is 8.01. The van der Waals surface area contributed by atoms with Crippen LogP contribution in [0.5, 0.6) is 0 Å². The summed E-state index contributed by atoms with van der Waals surface area (Å²) >= 11 is 0. The molecule has 0 bridgehead atoms. The summed E-state index contributed by atoms with van der Waals surface area (Å²) < 4.78 is 5.23. The van der Waals surface area contributed by atoms with E-state index in [1.165, 1.54) is 0 Å². The van der Waals surface area contributed by atoms with Crippen LogP contribution >= 0.6 is 0 Å². The topological polar surface area (TPSA) is 50.4 Å². The largest absolute Gasteiger partial charge is 0.380 e. The Kier molecular flexibility index (Phi) is 2.28. The zero-order valence-corrected chi connectivity index (χ0v) is 7.01. The minimum Gasteiger partial charge on any atom is -0.380 e. The van der Waals surface area contributed by atoms with Crippen molar-refractivity contribution >= 4 is 5.91 Å². The molecule has 2 aliphatic heterocycles. The van der Waals surface area contributed by atoms with Gasteiger partial charge in [0, 0.05) is 31.7 Å². The Morgan fingerprint density at radius 3 is 3.00 bits per heavy atom. The monoisotopic (exact) mass is 170 g/mol. The number of hydrogen-bond donors (Lipinski definition) is 2. The highest BCUT2D eigenvalue weighted by Gasteiger charge is 2.25. The third-order valence-corrected chi connectivity index (χ3v) is 2.38. The van der Waals surface area contributed by atoms with Gasteiger partial charge in [0.1, 0.15) is 0 Å². The van der Waals surface area contributed by atoms with Crippen molar-refractivity contribution in [1.29, 1.82) is 0 Å². The number of hydrogen-bond acceptors (Lipinski definition) is 3. The van der Waals surface area contributed by atoms with Crippen molar-refractivity contribution in [3.8, 4) is 0 Å². The van der Waals surface area contributed by atoms with E-state index in [2.05, 4.69) is 10.6 Å². The summed E-state index contributed by atoms with van der Waals surface area (Å²) in [7, 11) is 0. The minimum absolute atomic E-state index is 0.159. The lowest BCUT2D eigenvalue weighted by Crippen LogP contribution is -2.39. The molecule has 0 aromatic rings. The second kappa shape index (κ2) is 3.41. The van der Waals surface area contributed by atoms with Gasteiger partial charge in [-0.3, -0.25) is 4.79 Å². The molecule has 4 nitrogen and oxygen atoms in total. The molecule has 68 valence electrons. The number of rotatable bonds is 2. The molecule has 2 saturated heterocycles. The third kappa shape index (κ3) is 1.76. The van der Waals surface area contributed by atoms with Crippen LogP contribution in [0.2, 0.25) is 0 Å². The van der Waals surface area contributed by atoms with Crippen LogP contribution in [0.3, 0.4) is 0 Å². The van der Waals surface area contributed by atoms with Crippen LogP contribution in [-0.2, 0) is 9.53 Å². The van der Waals surface area contributed by atoms with E-state index >= 15 is 0 Å². The summed E-state index contributed by atoms with van der Waals surface area (Å²) in [5.41, 5.74) is 0. The van der Waals surface area contributed by atoms with Crippen LogP contribution in [0.1, 0.15) is 12.8 Å². The maximum Gasteiger partial charge on any atom is 0.221 e. The first-order chi connectivity index (χ1) is 5.84. The molecule has 2 atom stereocenters. The molecule has 2 rings (SSSR count). The van der Waals surface area contributed by atoms with Gasteiger partial charge in [0.25, 0.3) is 0 Å². The predicted molar refractivity (Wildman–Crippen MR) is 43.8 cm³/mol. The van der Waals surface area contributed by atoms with Crippen molar-refractivity contribution < 1.29 is 9.53 Å². The smallest absolute Gasteiger partial charge is 0.221 e. The van der Waals surface area contributed by atoms with Crippen molar-refractivity contribution in [1.82, 2.24) is 10.6 Å². The summed E-state index contributed by atoms with van der Waals surface area (Å²) in [4.78, 5) is 10.8. The van der Waals surface area contributed by atoms with Gasteiger partial charge in [0.2, 0.25) is 5.91 Å². The van der Waals surface area contributed by atoms with E-state index < -0.39 is 0 Å². The molecule has 2 N–H and O–H groups in total. The molecule has 0 radical (unpaired) electrons. The summed E-state index contributed by atoms with van der Waals surface area (Å²) in [5, 5.41) is 6.20. The van der Waals surface area contributed by atoms with E-state index in [0.717, 1.165) is 26.2 Å². The molecule has 2 aliphatic rings. The predicted octanol–water partition coefficient (Wildman–Crippen LogP) is -0.747.